The Bertz CT molecular complexity index is 659. The van der Waals surface area contributed by atoms with Crippen LogP contribution in [0.25, 0.3) is 0 Å². The van der Waals surface area contributed by atoms with Crippen LogP contribution in [0.2, 0.25) is 0 Å². The second-order valence-corrected chi connectivity index (χ2v) is 8.17. The average molecular weight is 327 g/mol. The topological polar surface area (TPSA) is 55.4 Å². The lowest BCUT2D eigenvalue weighted by molar-refractivity contribution is -0.140. The van der Waals surface area contributed by atoms with E-state index in [0.717, 1.165) is 48.3 Å². The molecule has 1 aromatic carbocycles. The van der Waals surface area contributed by atoms with Crippen LogP contribution in [0.1, 0.15) is 54.4 Å². The van der Waals surface area contributed by atoms with Crippen molar-refractivity contribution in [1.82, 2.24) is 0 Å². The van der Waals surface area contributed by atoms with E-state index in [9.17, 15) is 9.59 Å². The molecule has 0 unspecified atom stereocenters. The summed E-state index contributed by atoms with van der Waals surface area (Å²) in [7, 11) is 1.37. The first kappa shape index (κ1) is 15.7. The van der Waals surface area contributed by atoms with Gasteiger partial charge in [0.1, 0.15) is 0 Å². The molecule has 0 aromatic heterocycles. The highest BCUT2D eigenvalue weighted by Crippen LogP contribution is 2.60. The summed E-state index contributed by atoms with van der Waals surface area (Å²) in [6.07, 6.45) is 7.10. The van der Waals surface area contributed by atoms with E-state index in [-0.39, 0.29) is 17.3 Å². The van der Waals surface area contributed by atoms with Gasteiger partial charge in [0.2, 0.25) is 5.91 Å². The molecule has 4 saturated carbocycles. The summed E-state index contributed by atoms with van der Waals surface area (Å²) in [5, 5.41) is 3.14. The Morgan fingerprint density at radius 3 is 2.21 bits per heavy atom. The number of rotatable bonds is 3. The van der Waals surface area contributed by atoms with Gasteiger partial charge in [0.15, 0.2) is 0 Å². The van der Waals surface area contributed by atoms with Crippen molar-refractivity contribution in [2.45, 2.75) is 45.4 Å². The van der Waals surface area contributed by atoms with Gasteiger partial charge in [-0.05, 0) is 80.9 Å². The molecule has 4 aliphatic carbocycles. The number of aryl methyl sites for hydroxylation is 1. The van der Waals surface area contributed by atoms with E-state index in [1.54, 1.807) is 12.1 Å². The Hall–Kier alpha value is -1.84. The monoisotopic (exact) mass is 327 g/mol. The first-order valence-corrected chi connectivity index (χ1v) is 8.99. The van der Waals surface area contributed by atoms with Gasteiger partial charge in [0.25, 0.3) is 0 Å². The Morgan fingerprint density at radius 2 is 1.67 bits per heavy atom. The molecule has 128 valence electrons. The SMILES string of the molecule is COC(=O)c1ccc(C)c(NC(=O)C23CC4CC(CC(C4)C2)C3)c1. The summed E-state index contributed by atoms with van der Waals surface area (Å²) in [5.74, 6) is 2.01. The lowest BCUT2D eigenvalue weighted by Gasteiger charge is -2.55. The maximum Gasteiger partial charge on any atom is 0.337 e. The minimum absolute atomic E-state index is 0.159. The lowest BCUT2D eigenvalue weighted by Crippen LogP contribution is -2.51. The molecule has 1 N–H and O–H groups in total. The van der Waals surface area contributed by atoms with Gasteiger partial charge in [-0.25, -0.2) is 4.79 Å². The predicted molar refractivity (Wildman–Crippen MR) is 91.8 cm³/mol. The molecule has 0 saturated heterocycles. The molecule has 0 spiro atoms. The molecule has 5 rings (SSSR count). The molecule has 4 heteroatoms. The van der Waals surface area contributed by atoms with E-state index in [1.165, 1.54) is 26.4 Å². The second kappa shape index (κ2) is 5.61. The molecule has 0 aliphatic heterocycles. The van der Waals surface area contributed by atoms with Crippen LogP contribution in [0.4, 0.5) is 5.69 Å². The van der Waals surface area contributed by atoms with Crippen molar-refractivity contribution in [2.75, 3.05) is 12.4 Å². The number of esters is 1. The normalized spacial score (nSPS) is 33.3. The van der Waals surface area contributed by atoms with Crippen molar-refractivity contribution >= 4 is 17.6 Å². The summed E-state index contributed by atoms with van der Waals surface area (Å²) in [6.45, 7) is 1.95. The van der Waals surface area contributed by atoms with Gasteiger partial charge >= 0.3 is 5.97 Å². The van der Waals surface area contributed by atoms with Crippen LogP contribution in [0.3, 0.4) is 0 Å². The third kappa shape index (κ3) is 2.52. The molecule has 0 atom stereocenters. The summed E-state index contributed by atoms with van der Waals surface area (Å²) >= 11 is 0. The van der Waals surface area contributed by atoms with Gasteiger partial charge in [0.05, 0.1) is 18.1 Å². The molecule has 0 heterocycles. The molecule has 4 bridgehead atoms. The van der Waals surface area contributed by atoms with Crippen molar-refractivity contribution in [3.63, 3.8) is 0 Å². The summed E-state index contributed by atoms with van der Waals surface area (Å²) in [5.41, 5.74) is 2.01. The van der Waals surface area contributed by atoms with Gasteiger partial charge in [-0.15, -0.1) is 0 Å². The fraction of sp³-hybridized carbons (Fsp3) is 0.600. The molecular formula is C20H25NO3. The highest BCUT2D eigenvalue weighted by molar-refractivity contribution is 5.98. The zero-order valence-corrected chi connectivity index (χ0v) is 14.4. The number of nitrogens with one attached hydrogen (secondary N) is 1. The minimum Gasteiger partial charge on any atom is -0.465 e. The Kier molecular flexibility index (Phi) is 3.66. The van der Waals surface area contributed by atoms with Crippen molar-refractivity contribution < 1.29 is 14.3 Å². The van der Waals surface area contributed by atoms with E-state index in [0.29, 0.717) is 5.56 Å². The van der Waals surface area contributed by atoms with E-state index in [1.807, 2.05) is 13.0 Å². The van der Waals surface area contributed by atoms with Crippen LogP contribution in [0.5, 0.6) is 0 Å². The second-order valence-electron chi connectivity index (χ2n) is 8.17. The molecule has 4 fully saturated rings. The third-order valence-electron chi connectivity index (χ3n) is 6.43. The number of ether oxygens (including phenoxy) is 1. The summed E-state index contributed by atoms with van der Waals surface area (Å²) in [4.78, 5) is 24.9. The van der Waals surface area contributed by atoms with Crippen molar-refractivity contribution in [1.29, 1.82) is 0 Å². The molecule has 1 aromatic rings. The first-order chi connectivity index (χ1) is 11.5. The Balaban J connectivity index is 1.57. The number of carbonyl (C=O) groups excluding carboxylic acids is 2. The van der Waals surface area contributed by atoms with E-state index in [2.05, 4.69) is 5.32 Å². The fourth-order valence-corrected chi connectivity index (χ4v) is 5.65. The highest BCUT2D eigenvalue weighted by Gasteiger charge is 2.54. The van der Waals surface area contributed by atoms with Gasteiger partial charge < -0.3 is 10.1 Å². The molecule has 0 radical (unpaired) electrons. The van der Waals surface area contributed by atoms with E-state index in [4.69, 9.17) is 4.74 Å². The number of hydrogen-bond acceptors (Lipinski definition) is 3. The van der Waals surface area contributed by atoms with E-state index < -0.39 is 0 Å². The Labute approximate surface area is 143 Å². The molecular weight excluding hydrogens is 302 g/mol. The number of hydrogen-bond donors (Lipinski definition) is 1. The van der Waals surface area contributed by atoms with Crippen LogP contribution >= 0.6 is 0 Å². The zero-order valence-electron chi connectivity index (χ0n) is 14.4. The quantitative estimate of drug-likeness (QED) is 0.856. The third-order valence-corrected chi connectivity index (χ3v) is 6.43. The van der Waals surface area contributed by atoms with Crippen LogP contribution in [0, 0.1) is 30.1 Å². The smallest absolute Gasteiger partial charge is 0.337 e. The van der Waals surface area contributed by atoms with Gasteiger partial charge in [-0.2, -0.15) is 0 Å². The number of amides is 1. The maximum atomic E-state index is 13.1. The number of anilines is 1. The lowest BCUT2D eigenvalue weighted by atomic mass is 9.49. The highest BCUT2D eigenvalue weighted by atomic mass is 16.5. The van der Waals surface area contributed by atoms with Crippen molar-refractivity contribution in [3.05, 3.63) is 29.3 Å². The van der Waals surface area contributed by atoms with Gasteiger partial charge in [-0.1, -0.05) is 6.07 Å². The molecule has 4 aliphatic rings. The van der Waals surface area contributed by atoms with Crippen LogP contribution in [0.15, 0.2) is 18.2 Å². The predicted octanol–water partition coefficient (Wildman–Crippen LogP) is 3.94. The summed E-state index contributed by atoms with van der Waals surface area (Å²) < 4.78 is 4.78. The van der Waals surface area contributed by atoms with Crippen molar-refractivity contribution in [2.24, 2.45) is 23.2 Å². The zero-order chi connectivity index (χ0) is 16.9. The summed E-state index contributed by atoms with van der Waals surface area (Å²) in [6, 6.07) is 5.34. The minimum atomic E-state index is -0.375. The molecule has 4 nitrogen and oxygen atoms in total. The van der Waals surface area contributed by atoms with E-state index >= 15 is 0 Å². The molecule has 1 amide bonds. The van der Waals surface area contributed by atoms with Crippen molar-refractivity contribution in [3.8, 4) is 0 Å². The Morgan fingerprint density at radius 1 is 1.08 bits per heavy atom. The van der Waals surface area contributed by atoms with Gasteiger partial charge in [-0.3, -0.25) is 4.79 Å². The maximum absolute atomic E-state index is 13.1. The number of carbonyl (C=O) groups is 2. The van der Waals surface area contributed by atoms with Gasteiger partial charge in [0, 0.05) is 5.69 Å². The first-order valence-electron chi connectivity index (χ1n) is 8.99. The largest absolute Gasteiger partial charge is 0.465 e. The van der Waals surface area contributed by atoms with Crippen LogP contribution < -0.4 is 5.32 Å². The number of benzene rings is 1. The fourth-order valence-electron chi connectivity index (χ4n) is 5.65. The molecule has 24 heavy (non-hydrogen) atoms. The van der Waals surface area contributed by atoms with Crippen LogP contribution in [-0.2, 0) is 9.53 Å². The number of methoxy groups -OCH3 is 1. The standard InChI is InChI=1S/C20H25NO3/c1-12-3-4-16(18(22)24-2)8-17(12)21-19(23)20-9-13-5-14(10-20)7-15(6-13)11-20/h3-4,8,13-15H,5-7,9-11H2,1-2H3,(H,21,23). The van der Waals surface area contributed by atoms with Crippen LogP contribution in [-0.4, -0.2) is 19.0 Å². The average Bonchev–Trinajstić information content (AvgIpc) is 2.54.